The largest absolute Gasteiger partial charge is 0.485 e. The molecule has 0 saturated carbocycles. The number of benzene rings is 2. The topological polar surface area (TPSA) is 84.9 Å². The van der Waals surface area contributed by atoms with Gasteiger partial charge in [-0.25, -0.2) is 0 Å². The minimum absolute atomic E-state index is 0.0245. The van der Waals surface area contributed by atoms with Gasteiger partial charge in [0, 0.05) is 6.54 Å². The van der Waals surface area contributed by atoms with Crippen LogP contribution in [-0.2, 0) is 16.2 Å². The van der Waals surface area contributed by atoms with Crippen LogP contribution in [0.25, 0.3) is 0 Å². The van der Waals surface area contributed by atoms with Crippen molar-refractivity contribution in [1.29, 1.82) is 0 Å². The molecule has 0 spiro atoms. The van der Waals surface area contributed by atoms with Crippen LogP contribution < -0.4 is 14.8 Å². The van der Waals surface area contributed by atoms with Gasteiger partial charge < -0.3 is 19.9 Å². The van der Waals surface area contributed by atoms with Crippen LogP contribution in [0.5, 0.6) is 11.5 Å². The van der Waals surface area contributed by atoms with Crippen LogP contribution in [0.15, 0.2) is 54.6 Å². The van der Waals surface area contributed by atoms with Crippen LogP contribution in [0.2, 0.25) is 0 Å². The zero-order chi connectivity index (χ0) is 19.0. The van der Waals surface area contributed by atoms with Crippen LogP contribution in [0.3, 0.4) is 0 Å². The number of hydrogen-bond donors (Lipinski definition) is 2. The molecule has 26 heavy (non-hydrogen) atoms. The van der Waals surface area contributed by atoms with Gasteiger partial charge in [-0.15, -0.1) is 0 Å². The van der Waals surface area contributed by atoms with Gasteiger partial charge in [-0.2, -0.15) is 0 Å². The van der Waals surface area contributed by atoms with E-state index < -0.39 is 17.3 Å². The Labute approximate surface area is 152 Å². The van der Waals surface area contributed by atoms with Crippen molar-refractivity contribution < 1.29 is 24.2 Å². The van der Waals surface area contributed by atoms with Crippen molar-refractivity contribution >= 4 is 11.9 Å². The molecule has 6 nitrogen and oxygen atoms in total. The summed E-state index contributed by atoms with van der Waals surface area (Å²) in [7, 11) is 0. The summed E-state index contributed by atoms with van der Waals surface area (Å²) in [6.07, 6.45) is 0. The van der Waals surface area contributed by atoms with Crippen molar-refractivity contribution in [2.45, 2.75) is 20.5 Å². The first-order valence-corrected chi connectivity index (χ1v) is 8.27. The van der Waals surface area contributed by atoms with Crippen LogP contribution in [0.4, 0.5) is 0 Å². The Morgan fingerprint density at radius 2 is 1.54 bits per heavy atom. The average Bonchev–Trinajstić information content (AvgIpc) is 2.64. The molecule has 0 unspecified atom stereocenters. The van der Waals surface area contributed by atoms with E-state index in [-0.39, 0.29) is 13.2 Å². The fraction of sp³-hybridized carbons (Fsp3) is 0.300. The third-order valence-corrected chi connectivity index (χ3v) is 3.75. The lowest BCUT2D eigenvalue weighted by molar-refractivity contribution is -0.146. The van der Waals surface area contributed by atoms with Gasteiger partial charge >= 0.3 is 5.97 Å². The Kier molecular flexibility index (Phi) is 6.60. The standard InChI is InChI=1S/C20H23NO5/c1-20(2,19(23)24)14-21-18(22)13-26-17-11-7-6-10-16(17)25-12-15-8-4-3-5-9-15/h3-11H,12-14H2,1-2H3,(H,21,22)(H,23,24). The number of carboxylic acid groups (broad SMARTS) is 1. The van der Waals surface area contributed by atoms with E-state index in [2.05, 4.69) is 5.32 Å². The summed E-state index contributed by atoms with van der Waals surface area (Å²) in [5, 5.41) is 11.6. The molecular formula is C20H23NO5. The van der Waals surface area contributed by atoms with Gasteiger partial charge in [0.2, 0.25) is 0 Å². The number of aliphatic carboxylic acids is 1. The van der Waals surface area contributed by atoms with E-state index >= 15 is 0 Å². The van der Waals surface area contributed by atoms with Gasteiger partial charge in [-0.05, 0) is 31.5 Å². The number of ether oxygens (including phenoxy) is 2. The smallest absolute Gasteiger partial charge is 0.310 e. The maximum Gasteiger partial charge on any atom is 0.310 e. The highest BCUT2D eigenvalue weighted by molar-refractivity contribution is 5.79. The lowest BCUT2D eigenvalue weighted by atomic mass is 9.94. The van der Waals surface area contributed by atoms with E-state index in [1.54, 1.807) is 32.0 Å². The zero-order valence-corrected chi connectivity index (χ0v) is 14.9. The highest BCUT2D eigenvalue weighted by Gasteiger charge is 2.27. The monoisotopic (exact) mass is 357 g/mol. The van der Waals surface area contributed by atoms with Gasteiger partial charge in [-0.1, -0.05) is 42.5 Å². The summed E-state index contributed by atoms with van der Waals surface area (Å²) >= 11 is 0. The number of amides is 1. The number of nitrogens with one attached hydrogen (secondary N) is 1. The molecule has 0 atom stereocenters. The second-order valence-corrected chi connectivity index (χ2v) is 6.48. The van der Waals surface area contributed by atoms with Crippen molar-refractivity contribution in [2.24, 2.45) is 5.41 Å². The van der Waals surface area contributed by atoms with E-state index in [1.165, 1.54) is 0 Å². The molecule has 0 saturated heterocycles. The Bertz CT molecular complexity index is 743. The predicted octanol–water partition coefficient (Wildman–Crippen LogP) is 2.87. The summed E-state index contributed by atoms with van der Waals surface area (Å²) in [5.41, 5.74) is -0.0113. The molecule has 0 aromatic heterocycles. The summed E-state index contributed by atoms with van der Waals surface area (Å²) in [6, 6.07) is 16.8. The van der Waals surface area contributed by atoms with Crippen LogP contribution in [0, 0.1) is 5.41 Å². The molecule has 2 aromatic carbocycles. The lowest BCUT2D eigenvalue weighted by Gasteiger charge is -2.19. The molecule has 0 heterocycles. The zero-order valence-electron chi connectivity index (χ0n) is 14.9. The Balaban J connectivity index is 1.87. The van der Waals surface area contributed by atoms with Crippen molar-refractivity contribution in [3.8, 4) is 11.5 Å². The van der Waals surface area contributed by atoms with E-state index in [0.29, 0.717) is 18.1 Å². The quantitative estimate of drug-likeness (QED) is 0.721. The van der Waals surface area contributed by atoms with Gasteiger partial charge in [0.15, 0.2) is 18.1 Å². The molecule has 2 N–H and O–H groups in total. The molecule has 2 rings (SSSR count). The normalized spacial score (nSPS) is 10.8. The van der Waals surface area contributed by atoms with Crippen LogP contribution in [0.1, 0.15) is 19.4 Å². The highest BCUT2D eigenvalue weighted by Crippen LogP contribution is 2.27. The first-order valence-electron chi connectivity index (χ1n) is 8.27. The number of carbonyl (C=O) groups excluding carboxylic acids is 1. The molecule has 138 valence electrons. The van der Waals surface area contributed by atoms with Gasteiger partial charge in [0.25, 0.3) is 5.91 Å². The first kappa shape index (κ1) is 19.3. The van der Waals surface area contributed by atoms with Crippen LogP contribution in [-0.4, -0.2) is 30.1 Å². The maximum atomic E-state index is 11.9. The Hall–Kier alpha value is -3.02. The van der Waals surface area contributed by atoms with Crippen molar-refractivity contribution in [3.63, 3.8) is 0 Å². The van der Waals surface area contributed by atoms with E-state index in [0.717, 1.165) is 5.56 Å². The van der Waals surface area contributed by atoms with Gasteiger partial charge in [0.05, 0.1) is 5.41 Å². The molecule has 0 aliphatic carbocycles. The number of carbonyl (C=O) groups is 2. The van der Waals surface area contributed by atoms with Crippen molar-refractivity contribution in [1.82, 2.24) is 5.32 Å². The Morgan fingerprint density at radius 3 is 2.15 bits per heavy atom. The SMILES string of the molecule is CC(C)(CNC(=O)COc1ccccc1OCc1ccccc1)C(=O)O. The lowest BCUT2D eigenvalue weighted by Crippen LogP contribution is -2.40. The van der Waals surface area contributed by atoms with Crippen molar-refractivity contribution in [3.05, 3.63) is 60.2 Å². The summed E-state index contributed by atoms with van der Waals surface area (Å²) in [5.74, 6) is -0.373. The molecule has 1 amide bonds. The molecular weight excluding hydrogens is 334 g/mol. The molecule has 0 fully saturated rings. The summed E-state index contributed by atoms with van der Waals surface area (Å²) in [4.78, 5) is 23.0. The summed E-state index contributed by atoms with van der Waals surface area (Å²) in [6.45, 7) is 3.28. The molecule has 0 aliphatic heterocycles. The predicted molar refractivity (Wildman–Crippen MR) is 97.1 cm³/mol. The third kappa shape index (κ3) is 5.81. The molecule has 0 aliphatic rings. The second-order valence-electron chi connectivity index (χ2n) is 6.48. The van der Waals surface area contributed by atoms with Gasteiger partial charge in [-0.3, -0.25) is 9.59 Å². The fourth-order valence-corrected chi connectivity index (χ4v) is 2.01. The highest BCUT2D eigenvalue weighted by atomic mass is 16.5. The maximum absolute atomic E-state index is 11.9. The number of rotatable bonds is 9. The summed E-state index contributed by atoms with van der Waals surface area (Å²) < 4.78 is 11.3. The number of para-hydroxylation sites is 2. The van der Waals surface area contributed by atoms with Crippen LogP contribution >= 0.6 is 0 Å². The third-order valence-electron chi connectivity index (χ3n) is 3.75. The van der Waals surface area contributed by atoms with E-state index in [1.807, 2.05) is 36.4 Å². The number of carboxylic acids is 1. The minimum atomic E-state index is -1.04. The Morgan fingerprint density at radius 1 is 0.962 bits per heavy atom. The second kappa shape index (κ2) is 8.89. The first-order chi connectivity index (χ1) is 12.4. The van der Waals surface area contributed by atoms with Gasteiger partial charge in [0.1, 0.15) is 6.61 Å². The number of hydrogen-bond acceptors (Lipinski definition) is 4. The average molecular weight is 357 g/mol. The molecule has 0 radical (unpaired) electrons. The molecule has 6 heteroatoms. The van der Waals surface area contributed by atoms with Crippen molar-refractivity contribution in [2.75, 3.05) is 13.2 Å². The molecule has 0 bridgehead atoms. The molecule has 2 aromatic rings. The minimum Gasteiger partial charge on any atom is -0.485 e. The fourth-order valence-electron chi connectivity index (χ4n) is 2.01. The van der Waals surface area contributed by atoms with E-state index in [9.17, 15) is 9.59 Å². The van der Waals surface area contributed by atoms with E-state index in [4.69, 9.17) is 14.6 Å².